The molecule has 236 valence electrons. The number of nitrogens with zero attached hydrogens (tertiary/aromatic N) is 3. The average Bonchev–Trinajstić information content (AvgIpc) is 3.61. The average molecular weight is 640 g/mol. The van der Waals surface area contributed by atoms with Crippen LogP contribution >= 0.6 is 0 Å². The minimum atomic E-state index is -0.130. The smallest absolute Gasteiger partial charge is 0.160 e. The van der Waals surface area contributed by atoms with E-state index in [9.17, 15) is 0 Å². The molecule has 0 fully saturated rings. The predicted molar refractivity (Wildman–Crippen MR) is 208 cm³/mol. The molecular formula is C47H33N3. The molecule has 0 aliphatic heterocycles. The van der Waals surface area contributed by atoms with Crippen LogP contribution in [0.1, 0.15) is 25.0 Å². The fraction of sp³-hybridized carbons (Fsp3) is 0.0638. The van der Waals surface area contributed by atoms with Crippen molar-refractivity contribution in [2.45, 2.75) is 19.3 Å². The van der Waals surface area contributed by atoms with Gasteiger partial charge in [0.25, 0.3) is 0 Å². The Morgan fingerprint density at radius 2 is 1.04 bits per heavy atom. The van der Waals surface area contributed by atoms with Crippen LogP contribution in [0.5, 0.6) is 0 Å². The fourth-order valence-corrected chi connectivity index (χ4v) is 8.03. The quantitative estimate of drug-likeness (QED) is 0.192. The molecule has 50 heavy (non-hydrogen) atoms. The number of benzene rings is 7. The van der Waals surface area contributed by atoms with Crippen LogP contribution in [-0.4, -0.2) is 14.5 Å². The molecule has 7 aromatic carbocycles. The van der Waals surface area contributed by atoms with Gasteiger partial charge in [-0.15, -0.1) is 0 Å². The first-order chi connectivity index (χ1) is 24.5. The summed E-state index contributed by atoms with van der Waals surface area (Å²) in [5.41, 5.74) is 13.7. The molecule has 0 unspecified atom stereocenters. The third kappa shape index (κ3) is 4.37. The van der Waals surface area contributed by atoms with E-state index in [1.807, 2.05) is 24.3 Å². The highest BCUT2D eigenvalue weighted by molar-refractivity contribution is 6.12. The number of hydrogen-bond acceptors (Lipinski definition) is 2. The van der Waals surface area contributed by atoms with E-state index in [1.54, 1.807) is 0 Å². The monoisotopic (exact) mass is 639 g/mol. The van der Waals surface area contributed by atoms with Crippen molar-refractivity contribution in [2.75, 3.05) is 0 Å². The molecule has 9 aromatic rings. The van der Waals surface area contributed by atoms with Gasteiger partial charge in [-0.25, -0.2) is 9.97 Å². The molecule has 0 N–H and O–H groups in total. The zero-order valence-corrected chi connectivity index (χ0v) is 27.9. The molecule has 0 spiro atoms. The van der Waals surface area contributed by atoms with E-state index in [1.165, 1.54) is 54.8 Å². The number of para-hydroxylation sites is 1. The number of fused-ring (bicyclic) bond motifs is 7. The maximum absolute atomic E-state index is 5.14. The first-order valence-corrected chi connectivity index (χ1v) is 17.2. The van der Waals surface area contributed by atoms with Gasteiger partial charge in [0.05, 0.1) is 22.4 Å². The molecule has 2 aromatic heterocycles. The van der Waals surface area contributed by atoms with Gasteiger partial charge in [-0.1, -0.05) is 129 Å². The van der Waals surface area contributed by atoms with E-state index in [0.29, 0.717) is 5.82 Å². The van der Waals surface area contributed by atoms with Crippen LogP contribution in [0.25, 0.3) is 83.3 Å². The van der Waals surface area contributed by atoms with Crippen molar-refractivity contribution in [3.05, 3.63) is 175 Å². The van der Waals surface area contributed by atoms with Crippen LogP contribution in [0.3, 0.4) is 0 Å². The summed E-state index contributed by atoms with van der Waals surface area (Å²) in [7, 11) is 0. The van der Waals surface area contributed by atoms with Crippen molar-refractivity contribution in [1.82, 2.24) is 14.5 Å². The molecule has 0 saturated heterocycles. The molecule has 0 amide bonds. The van der Waals surface area contributed by atoms with E-state index >= 15 is 0 Å². The van der Waals surface area contributed by atoms with Gasteiger partial charge >= 0.3 is 0 Å². The molecule has 10 rings (SSSR count). The van der Waals surface area contributed by atoms with Crippen molar-refractivity contribution < 1.29 is 0 Å². The largest absolute Gasteiger partial charge is 0.309 e. The highest BCUT2D eigenvalue weighted by Crippen LogP contribution is 2.52. The SMILES string of the molecule is CC1(C)c2cc3ccccc3cc2-c2cc3c4ccccc4n(-c4cccc(-c5cc(-c6ccccc6)nc(-c6ccccc6)n5)c4)c3cc21. The predicted octanol–water partition coefficient (Wildman–Crippen LogP) is 12.0. The normalized spacial score (nSPS) is 13.2. The zero-order chi connectivity index (χ0) is 33.4. The fourth-order valence-electron chi connectivity index (χ4n) is 8.03. The Morgan fingerprint density at radius 1 is 0.440 bits per heavy atom. The van der Waals surface area contributed by atoms with Crippen LogP contribution in [0, 0.1) is 0 Å². The summed E-state index contributed by atoms with van der Waals surface area (Å²) < 4.78 is 2.43. The second kappa shape index (κ2) is 10.8. The Morgan fingerprint density at radius 3 is 1.82 bits per heavy atom. The Kier molecular flexibility index (Phi) is 6.22. The molecule has 1 aliphatic carbocycles. The molecule has 2 heterocycles. The van der Waals surface area contributed by atoms with Crippen molar-refractivity contribution in [2.24, 2.45) is 0 Å². The first-order valence-electron chi connectivity index (χ1n) is 17.2. The lowest BCUT2D eigenvalue weighted by molar-refractivity contribution is 0.662. The zero-order valence-electron chi connectivity index (χ0n) is 27.9. The Hall–Kier alpha value is -6.32. The summed E-state index contributed by atoms with van der Waals surface area (Å²) in [6, 6.07) is 58.7. The lowest BCUT2D eigenvalue weighted by Gasteiger charge is -2.22. The lowest BCUT2D eigenvalue weighted by Crippen LogP contribution is -2.15. The third-order valence-electron chi connectivity index (χ3n) is 10.6. The van der Waals surface area contributed by atoms with Crippen LogP contribution in [0.15, 0.2) is 164 Å². The van der Waals surface area contributed by atoms with Gasteiger partial charge in [0.1, 0.15) is 0 Å². The summed E-state index contributed by atoms with van der Waals surface area (Å²) in [5.74, 6) is 0.717. The molecule has 1 aliphatic rings. The van der Waals surface area contributed by atoms with Crippen molar-refractivity contribution in [3.8, 4) is 50.7 Å². The van der Waals surface area contributed by atoms with E-state index in [4.69, 9.17) is 9.97 Å². The van der Waals surface area contributed by atoms with Gasteiger partial charge in [0, 0.05) is 38.6 Å². The molecule has 0 saturated carbocycles. The van der Waals surface area contributed by atoms with Crippen molar-refractivity contribution in [3.63, 3.8) is 0 Å². The third-order valence-corrected chi connectivity index (χ3v) is 10.6. The second-order valence-corrected chi connectivity index (χ2v) is 13.9. The van der Waals surface area contributed by atoms with Crippen LogP contribution in [0.2, 0.25) is 0 Å². The molecule has 3 nitrogen and oxygen atoms in total. The molecule has 0 bridgehead atoms. The number of hydrogen-bond donors (Lipinski definition) is 0. The van der Waals surface area contributed by atoms with Crippen LogP contribution in [-0.2, 0) is 5.41 Å². The van der Waals surface area contributed by atoms with Gasteiger partial charge in [0.2, 0.25) is 0 Å². The van der Waals surface area contributed by atoms with Gasteiger partial charge < -0.3 is 4.57 Å². The summed E-state index contributed by atoms with van der Waals surface area (Å²) in [6.45, 7) is 4.74. The summed E-state index contributed by atoms with van der Waals surface area (Å²) in [4.78, 5) is 10.2. The second-order valence-electron chi connectivity index (χ2n) is 13.9. The van der Waals surface area contributed by atoms with Gasteiger partial charge in [-0.05, 0) is 81.6 Å². The summed E-state index contributed by atoms with van der Waals surface area (Å²) in [6.07, 6.45) is 0. The lowest BCUT2D eigenvalue weighted by atomic mass is 9.81. The van der Waals surface area contributed by atoms with E-state index in [0.717, 1.165) is 33.8 Å². The topological polar surface area (TPSA) is 30.7 Å². The van der Waals surface area contributed by atoms with E-state index < -0.39 is 0 Å². The standard InChI is InChI=1S/C47H33N3/c1-47(2)40-26-33-19-10-9-18-32(33)25-37(40)38-27-39-36-22-11-12-23-44(36)50(45(39)28-41(38)47)35-21-13-20-34(24-35)43-29-42(30-14-5-3-6-15-30)48-46(49-43)31-16-7-4-8-17-31/h3-29H,1-2H3. The Labute approximate surface area is 291 Å². The van der Waals surface area contributed by atoms with Crippen LogP contribution < -0.4 is 0 Å². The number of rotatable bonds is 4. The maximum atomic E-state index is 5.14. The van der Waals surface area contributed by atoms with E-state index in [2.05, 4.69) is 158 Å². The van der Waals surface area contributed by atoms with Gasteiger partial charge in [-0.3, -0.25) is 0 Å². The minimum absolute atomic E-state index is 0.130. The first kappa shape index (κ1) is 28.7. The summed E-state index contributed by atoms with van der Waals surface area (Å²) >= 11 is 0. The van der Waals surface area contributed by atoms with Crippen LogP contribution in [0.4, 0.5) is 0 Å². The van der Waals surface area contributed by atoms with Crippen molar-refractivity contribution >= 4 is 32.6 Å². The Balaban J connectivity index is 1.18. The maximum Gasteiger partial charge on any atom is 0.160 e. The molecular weight excluding hydrogens is 607 g/mol. The summed E-state index contributed by atoms with van der Waals surface area (Å²) in [5, 5.41) is 5.09. The Bertz CT molecular complexity index is 2720. The minimum Gasteiger partial charge on any atom is -0.309 e. The van der Waals surface area contributed by atoms with Gasteiger partial charge in [-0.2, -0.15) is 0 Å². The number of aromatic nitrogens is 3. The highest BCUT2D eigenvalue weighted by Gasteiger charge is 2.36. The van der Waals surface area contributed by atoms with E-state index in [-0.39, 0.29) is 5.41 Å². The highest BCUT2D eigenvalue weighted by atomic mass is 15.0. The van der Waals surface area contributed by atoms with Gasteiger partial charge in [0.15, 0.2) is 5.82 Å². The molecule has 3 heteroatoms. The molecule has 0 atom stereocenters. The molecule has 0 radical (unpaired) electrons. The van der Waals surface area contributed by atoms with Crippen molar-refractivity contribution in [1.29, 1.82) is 0 Å².